The third-order valence-electron chi connectivity index (χ3n) is 6.84. The molecule has 0 atom stereocenters. The highest BCUT2D eigenvalue weighted by Gasteiger charge is 2.20. The van der Waals surface area contributed by atoms with Gasteiger partial charge in [0.2, 0.25) is 0 Å². The summed E-state index contributed by atoms with van der Waals surface area (Å²) < 4.78 is 17.5. The van der Waals surface area contributed by atoms with Crippen LogP contribution in [0, 0.1) is 0 Å². The van der Waals surface area contributed by atoms with Crippen LogP contribution in [0.25, 0.3) is 44.7 Å². The van der Waals surface area contributed by atoms with E-state index >= 15 is 0 Å². The van der Waals surface area contributed by atoms with Gasteiger partial charge in [0.05, 0.1) is 36.9 Å². The van der Waals surface area contributed by atoms with Crippen LogP contribution in [-0.2, 0) is 11.3 Å². The Labute approximate surface area is 235 Å². The molecule has 1 N–H and O–H groups in total. The number of nitrogens with one attached hydrogen (secondary N) is 1. The van der Waals surface area contributed by atoms with Gasteiger partial charge in [0.15, 0.2) is 5.82 Å². The number of imidazole rings is 1. The van der Waals surface area contributed by atoms with Crippen molar-refractivity contribution in [3.8, 4) is 39.7 Å². The van der Waals surface area contributed by atoms with Crippen molar-refractivity contribution in [2.45, 2.75) is 13.5 Å². The third-order valence-corrected chi connectivity index (χ3v) is 6.84. The number of carbonyl (C=O) groups excluding carboxylic acids is 1. The van der Waals surface area contributed by atoms with Gasteiger partial charge in [0.1, 0.15) is 0 Å². The number of benzene rings is 4. The van der Waals surface area contributed by atoms with E-state index in [9.17, 15) is 9.59 Å². The summed E-state index contributed by atoms with van der Waals surface area (Å²) in [5.41, 5.74) is 7.36. The van der Waals surface area contributed by atoms with Crippen molar-refractivity contribution in [2.24, 2.45) is 0 Å². The van der Waals surface area contributed by atoms with Crippen molar-refractivity contribution in [2.75, 3.05) is 13.7 Å². The van der Waals surface area contributed by atoms with Crippen LogP contribution >= 0.6 is 0 Å². The van der Waals surface area contributed by atoms with Crippen LogP contribution in [0.2, 0.25) is 0 Å². The molecule has 0 aliphatic rings. The Morgan fingerprint density at radius 1 is 0.902 bits per heavy atom. The third kappa shape index (κ3) is 5.00. The van der Waals surface area contributed by atoms with E-state index < -0.39 is 11.7 Å². The smallest absolute Gasteiger partial charge is 0.439 e. The number of ether oxygens (including phenoxy) is 2. The summed E-state index contributed by atoms with van der Waals surface area (Å²) in [6.07, 6.45) is 0. The average Bonchev–Trinajstić information content (AvgIpc) is 3.60. The second kappa shape index (κ2) is 11.0. The summed E-state index contributed by atoms with van der Waals surface area (Å²) in [5, 5.41) is 3.92. The van der Waals surface area contributed by atoms with Gasteiger partial charge in [-0.05, 0) is 59.0 Å². The molecule has 0 aliphatic carbocycles. The molecular formula is C32H26N4O5. The van der Waals surface area contributed by atoms with Gasteiger partial charge >= 0.3 is 11.7 Å². The molecule has 9 nitrogen and oxygen atoms in total. The Morgan fingerprint density at radius 3 is 2.39 bits per heavy atom. The lowest BCUT2D eigenvalue weighted by atomic mass is 9.93. The van der Waals surface area contributed by atoms with Crippen LogP contribution < -0.4 is 10.5 Å². The van der Waals surface area contributed by atoms with Crippen LogP contribution in [0.1, 0.15) is 22.8 Å². The van der Waals surface area contributed by atoms with Gasteiger partial charge < -0.3 is 9.47 Å². The number of hydrogen-bond acceptors (Lipinski definition) is 7. The van der Waals surface area contributed by atoms with Crippen molar-refractivity contribution in [1.82, 2.24) is 19.7 Å². The molecule has 4 aromatic carbocycles. The number of aromatic amines is 1. The summed E-state index contributed by atoms with van der Waals surface area (Å²) in [7, 11) is 1.36. The van der Waals surface area contributed by atoms with E-state index in [1.165, 1.54) is 7.11 Å². The highest BCUT2D eigenvalue weighted by atomic mass is 16.5. The quantitative estimate of drug-likeness (QED) is 0.235. The number of carbonyl (C=O) groups is 1. The number of hydrogen-bond donors (Lipinski definition) is 1. The SMILES string of the molecule is CCOc1nc2cccc(C(=O)OC)c2n1Cc1ccc(-c2cc(-c3ccccc3)ccc2-c2noc(=O)[nH]2)cc1. The molecule has 0 saturated heterocycles. The van der Waals surface area contributed by atoms with Crippen LogP contribution in [0.15, 0.2) is 100 Å². The fourth-order valence-corrected chi connectivity index (χ4v) is 4.94. The molecule has 0 bridgehead atoms. The first-order chi connectivity index (χ1) is 20.1. The fourth-order valence-electron chi connectivity index (χ4n) is 4.94. The minimum absolute atomic E-state index is 0.357. The van der Waals surface area contributed by atoms with Gasteiger partial charge in [0.25, 0.3) is 6.01 Å². The first kappa shape index (κ1) is 25.8. The molecular weight excluding hydrogens is 520 g/mol. The van der Waals surface area contributed by atoms with Crippen molar-refractivity contribution >= 4 is 17.0 Å². The van der Waals surface area contributed by atoms with Gasteiger partial charge in [-0.25, -0.2) is 9.59 Å². The van der Waals surface area contributed by atoms with Crippen molar-refractivity contribution in [3.05, 3.63) is 113 Å². The molecule has 2 heterocycles. The molecule has 0 spiro atoms. The zero-order chi connectivity index (χ0) is 28.3. The maximum Gasteiger partial charge on any atom is 0.439 e. The highest BCUT2D eigenvalue weighted by Crippen LogP contribution is 2.35. The Bertz CT molecular complexity index is 1900. The van der Waals surface area contributed by atoms with Gasteiger partial charge in [0, 0.05) is 5.56 Å². The van der Waals surface area contributed by atoms with E-state index in [1.54, 1.807) is 12.1 Å². The predicted octanol–water partition coefficient (Wildman–Crippen LogP) is 5.95. The standard InChI is InChI=1S/C32H26N4O5/c1-3-40-31-33-27-11-7-10-25(30(37)39-2)28(27)36(31)19-20-12-14-22(15-13-20)26-18-23(21-8-5-4-6-9-21)16-17-24(26)29-34-32(38)41-35-29/h4-18H,3,19H2,1-2H3,(H,34,35,38). The molecule has 0 radical (unpaired) electrons. The normalized spacial score (nSPS) is 11.1. The van der Waals surface area contributed by atoms with E-state index in [0.717, 1.165) is 33.4 Å². The van der Waals surface area contributed by atoms with Gasteiger partial charge in [-0.1, -0.05) is 71.9 Å². The number of H-pyrrole nitrogens is 1. The molecule has 9 heteroatoms. The van der Waals surface area contributed by atoms with E-state index in [2.05, 4.69) is 21.2 Å². The van der Waals surface area contributed by atoms with E-state index in [4.69, 9.17) is 14.0 Å². The lowest BCUT2D eigenvalue weighted by molar-refractivity contribution is 0.0602. The van der Waals surface area contributed by atoms with Crippen molar-refractivity contribution < 1.29 is 18.8 Å². The number of aromatic nitrogens is 4. The molecule has 0 unspecified atom stereocenters. The number of methoxy groups -OCH3 is 1. The summed E-state index contributed by atoms with van der Waals surface area (Å²) in [4.78, 5) is 31.5. The number of nitrogens with zero attached hydrogens (tertiary/aromatic N) is 3. The molecule has 41 heavy (non-hydrogen) atoms. The monoisotopic (exact) mass is 546 g/mol. The molecule has 0 amide bonds. The largest absolute Gasteiger partial charge is 0.465 e. The molecule has 6 aromatic rings. The van der Waals surface area contributed by atoms with E-state index in [0.29, 0.717) is 41.6 Å². The molecule has 0 fully saturated rings. The van der Waals surface area contributed by atoms with Gasteiger partial charge in [-0.3, -0.25) is 14.1 Å². The summed E-state index contributed by atoms with van der Waals surface area (Å²) in [5.74, 6) is -0.695. The lowest BCUT2D eigenvalue weighted by Gasteiger charge is -2.13. The number of rotatable bonds is 8. The first-order valence-corrected chi connectivity index (χ1v) is 13.1. The Kier molecular flexibility index (Phi) is 6.91. The molecule has 6 rings (SSSR count). The molecule has 0 saturated carbocycles. The number of fused-ring (bicyclic) bond motifs is 1. The molecule has 0 aliphatic heterocycles. The second-order valence-electron chi connectivity index (χ2n) is 9.35. The Balaban J connectivity index is 1.41. The first-order valence-electron chi connectivity index (χ1n) is 13.1. The fraction of sp³-hybridized carbons (Fsp3) is 0.125. The summed E-state index contributed by atoms with van der Waals surface area (Å²) >= 11 is 0. The average molecular weight is 547 g/mol. The maximum absolute atomic E-state index is 12.5. The van der Waals surface area contributed by atoms with Crippen LogP contribution in [0.5, 0.6) is 6.01 Å². The Hall–Kier alpha value is -5.44. The minimum Gasteiger partial charge on any atom is -0.465 e. The van der Waals surface area contributed by atoms with Crippen LogP contribution in [-0.4, -0.2) is 39.4 Å². The van der Waals surface area contributed by atoms with E-state index in [-0.39, 0.29) is 0 Å². The zero-order valence-corrected chi connectivity index (χ0v) is 22.5. The summed E-state index contributed by atoms with van der Waals surface area (Å²) in [6.45, 7) is 2.75. The zero-order valence-electron chi connectivity index (χ0n) is 22.5. The second-order valence-corrected chi connectivity index (χ2v) is 9.35. The minimum atomic E-state index is -0.614. The van der Waals surface area contributed by atoms with E-state index in [1.807, 2.05) is 84.3 Å². The van der Waals surface area contributed by atoms with Gasteiger partial charge in [-0.15, -0.1) is 0 Å². The van der Waals surface area contributed by atoms with Crippen molar-refractivity contribution in [1.29, 1.82) is 0 Å². The molecule has 204 valence electrons. The van der Waals surface area contributed by atoms with Crippen LogP contribution in [0.3, 0.4) is 0 Å². The van der Waals surface area contributed by atoms with Gasteiger partial charge in [-0.2, -0.15) is 4.98 Å². The number of esters is 1. The summed E-state index contributed by atoms with van der Waals surface area (Å²) in [6, 6.07) is 29.9. The highest BCUT2D eigenvalue weighted by molar-refractivity contribution is 6.02. The maximum atomic E-state index is 12.5. The van der Waals surface area contributed by atoms with Crippen molar-refractivity contribution in [3.63, 3.8) is 0 Å². The van der Waals surface area contributed by atoms with Crippen LogP contribution in [0.4, 0.5) is 0 Å². The Morgan fingerprint density at radius 2 is 1.68 bits per heavy atom. The lowest BCUT2D eigenvalue weighted by Crippen LogP contribution is -2.09. The number of para-hydroxylation sites is 1. The topological polar surface area (TPSA) is 112 Å². The molecule has 2 aromatic heterocycles. The predicted molar refractivity (Wildman–Crippen MR) is 155 cm³/mol.